The molecule has 19 heavy (non-hydrogen) atoms. The smallest absolute Gasteiger partial charge is 0.341 e. The zero-order valence-electron chi connectivity index (χ0n) is 10.9. The summed E-state index contributed by atoms with van der Waals surface area (Å²) in [5, 5.41) is 0. The van der Waals surface area contributed by atoms with Crippen molar-refractivity contribution in [2.24, 2.45) is 0 Å². The van der Waals surface area contributed by atoms with Crippen LogP contribution in [0.15, 0.2) is 42.7 Å². The lowest BCUT2D eigenvalue weighted by Crippen LogP contribution is -2.06. The van der Waals surface area contributed by atoms with E-state index in [1.807, 2.05) is 24.3 Å². The summed E-state index contributed by atoms with van der Waals surface area (Å²) < 4.78 is 10.2. The van der Waals surface area contributed by atoms with Crippen molar-refractivity contribution in [1.29, 1.82) is 0 Å². The van der Waals surface area contributed by atoms with Gasteiger partial charge < -0.3 is 9.47 Å². The van der Waals surface area contributed by atoms with E-state index in [1.165, 1.54) is 7.11 Å². The second-order valence-electron chi connectivity index (χ2n) is 3.88. The van der Waals surface area contributed by atoms with Crippen molar-refractivity contribution in [3.05, 3.63) is 48.3 Å². The van der Waals surface area contributed by atoms with Crippen molar-refractivity contribution >= 4 is 5.97 Å². The third kappa shape index (κ3) is 2.91. The topological polar surface area (TPSA) is 48.4 Å². The number of aromatic nitrogens is 1. The van der Waals surface area contributed by atoms with E-state index in [9.17, 15) is 4.79 Å². The molecule has 4 heteroatoms. The highest BCUT2D eigenvalue weighted by Crippen LogP contribution is 2.27. The van der Waals surface area contributed by atoms with Crippen LogP contribution in [0.2, 0.25) is 0 Å². The maximum Gasteiger partial charge on any atom is 0.341 e. The molecule has 1 aromatic carbocycles. The summed E-state index contributed by atoms with van der Waals surface area (Å²) >= 11 is 0. The first-order valence-corrected chi connectivity index (χ1v) is 6.01. The molecule has 2 rings (SSSR count). The standard InChI is InChI=1S/C15H15NO3/c1-3-19-15(17)13-7-6-11(9-14(13)18-2)12-5-4-8-16-10-12/h4-10H,3H2,1-2H3. The largest absolute Gasteiger partial charge is 0.496 e. The third-order valence-corrected chi connectivity index (χ3v) is 2.69. The summed E-state index contributed by atoms with van der Waals surface area (Å²) in [7, 11) is 1.53. The predicted molar refractivity (Wildman–Crippen MR) is 72.2 cm³/mol. The molecule has 0 aliphatic heterocycles. The molecule has 0 aliphatic rings. The van der Waals surface area contributed by atoms with Crippen LogP contribution in [-0.4, -0.2) is 24.7 Å². The fraction of sp³-hybridized carbons (Fsp3) is 0.200. The number of hydrogen-bond donors (Lipinski definition) is 0. The van der Waals surface area contributed by atoms with Crippen LogP contribution in [0, 0.1) is 0 Å². The highest BCUT2D eigenvalue weighted by atomic mass is 16.5. The Hall–Kier alpha value is -2.36. The lowest BCUT2D eigenvalue weighted by Gasteiger charge is -2.10. The Balaban J connectivity index is 2.39. The number of methoxy groups -OCH3 is 1. The number of carbonyl (C=O) groups excluding carboxylic acids is 1. The van der Waals surface area contributed by atoms with Gasteiger partial charge in [-0.25, -0.2) is 4.79 Å². The van der Waals surface area contributed by atoms with Crippen molar-refractivity contribution < 1.29 is 14.3 Å². The van der Waals surface area contributed by atoms with E-state index in [-0.39, 0.29) is 5.97 Å². The first-order valence-electron chi connectivity index (χ1n) is 6.01. The van der Waals surface area contributed by atoms with E-state index >= 15 is 0 Å². The van der Waals surface area contributed by atoms with Gasteiger partial charge in [-0.1, -0.05) is 12.1 Å². The molecule has 0 atom stereocenters. The highest BCUT2D eigenvalue weighted by molar-refractivity contribution is 5.93. The second kappa shape index (κ2) is 6.00. The van der Waals surface area contributed by atoms with E-state index in [0.717, 1.165) is 11.1 Å². The van der Waals surface area contributed by atoms with Crippen LogP contribution < -0.4 is 4.74 Å². The number of carbonyl (C=O) groups is 1. The van der Waals surface area contributed by atoms with Crippen LogP contribution in [0.4, 0.5) is 0 Å². The average molecular weight is 257 g/mol. The Morgan fingerprint density at radius 1 is 1.26 bits per heavy atom. The van der Waals surface area contributed by atoms with Gasteiger partial charge in [0.25, 0.3) is 0 Å². The molecular formula is C15H15NO3. The Kier molecular flexibility index (Phi) is 4.13. The molecule has 0 fully saturated rings. The minimum atomic E-state index is -0.378. The Morgan fingerprint density at radius 2 is 2.11 bits per heavy atom. The maximum atomic E-state index is 11.8. The monoisotopic (exact) mass is 257 g/mol. The molecule has 0 unspecified atom stereocenters. The minimum Gasteiger partial charge on any atom is -0.496 e. The molecule has 0 N–H and O–H groups in total. The quantitative estimate of drug-likeness (QED) is 0.790. The number of ether oxygens (including phenoxy) is 2. The fourth-order valence-electron chi connectivity index (χ4n) is 1.78. The molecule has 4 nitrogen and oxygen atoms in total. The summed E-state index contributed by atoms with van der Waals surface area (Å²) in [6.07, 6.45) is 3.48. The summed E-state index contributed by atoms with van der Waals surface area (Å²) in [5.41, 5.74) is 2.34. The first kappa shape index (κ1) is 13.1. The lowest BCUT2D eigenvalue weighted by atomic mass is 10.0. The Labute approximate surface area is 112 Å². The molecule has 0 saturated carbocycles. The summed E-state index contributed by atoms with van der Waals surface area (Å²) in [6, 6.07) is 9.18. The Bertz CT molecular complexity index is 567. The van der Waals surface area contributed by atoms with Crippen molar-refractivity contribution in [3.63, 3.8) is 0 Å². The van der Waals surface area contributed by atoms with Gasteiger partial charge in [-0.05, 0) is 30.7 Å². The molecule has 1 heterocycles. The van der Waals surface area contributed by atoms with E-state index < -0.39 is 0 Å². The molecule has 0 spiro atoms. The van der Waals surface area contributed by atoms with Gasteiger partial charge in [0.15, 0.2) is 0 Å². The van der Waals surface area contributed by atoms with Gasteiger partial charge >= 0.3 is 5.97 Å². The van der Waals surface area contributed by atoms with E-state index in [1.54, 1.807) is 25.4 Å². The molecule has 0 radical (unpaired) electrons. The number of nitrogens with zero attached hydrogens (tertiary/aromatic N) is 1. The summed E-state index contributed by atoms with van der Waals surface area (Å²) in [4.78, 5) is 15.8. The van der Waals surface area contributed by atoms with Gasteiger partial charge in [0.2, 0.25) is 0 Å². The zero-order chi connectivity index (χ0) is 13.7. The number of rotatable bonds is 4. The number of pyridine rings is 1. The van der Waals surface area contributed by atoms with E-state index in [2.05, 4.69) is 4.98 Å². The van der Waals surface area contributed by atoms with Gasteiger partial charge in [-0.2, -0.15) is 0 Å². The normalized spacial score (nSPS) is 10.0. The van der Waals surface area contributed by atoms with Crippen molar-refractivity contribution in [3.8, 4) is 16.9 Å². The summed E-state index contributed by atoms with van der Waals surface area (Å²) in [6.45, 7) is 2.11. The average Bonchev–Trinajstić information content (AvgIpc) is 2.47. The SMILES string of the molecule is CCOC(=O)c1ccc(-c2cccnc2)cc1OC. The number of hydrogen-bond acceptors (Lipinski definition) is 4. The molecular weight excluding hydrogens is 242 g/mol. The zero-order valence-corrected chi connectivity index (χ0v) is 10.9. The van der Waals surface area contributed by atoms with Gasteiger partial charge in [0.1, 0.15) is 11.3 Å². The number of benzene rings is 1. The van der Waals surface area contributed by atoms with Crippen LogP contribution in [0.25, 0.3) is 11.1 Å². The first-order chi connectivity index (χ1) is 9.26. The van der Waals surface area contributed by atoms with Crippen LogP contribution >= 0.6 is 0 Å². The van der Waals surface area contributed by atoms with Crippen molar-refractivity contribution in [1.82, 2.24) is 4.98 Å². The van der Waals surface area contributed by atoms with Crippen molar-refractivity contribution in [2.75, 3.05) is 13.7 Å². The molecule has 0 aliphatic carbocycles. The molecule has 98 valence electrons. The van der Waals surface area contributed by atoms with E-state index in [0.29, 0.717) is 17.9 Å². The minimum absolute atomic E-state index is 0.340. The van der Waals surface area contributed by atoms with Crippen molar-refractivity contribution in [2.45, 2.75) is 6.92 Å². The van der Waals surface area contributed by atoms with Crippen LogP contribution in [0.5, 0.6) is 5.75 Å². The molecule has 2 aromatic rings. The highest BCUT2D eigenvalue weighted by Gasteiger charge is 2.14. The van der Waals surface area contributed by atoms with Gasteiger partial charge in [-0.15, -0.1) is 0 Å². The predicted octanol–water partition coefficient (Wildman–Crippen LogP) is 2.93. The van der Waals surface area contributed by atoms with E-state index in [4.69, 9.17) is 9.47 Å². The molecule has 0 amide bonds. The van der Waals surface area contributed by atoms with Crippen LogP contribution in [-0.2, 0) is 4.74 Å². The van der Waals surface area contributed by atoms with Crippen LogP contribution in [0.3, 0.4) is 0 Å². The molecule has 0 bridgehead atoms. The number of esters is 1. The van der Waals surface area contributed by atoms with Gasteiger partial charge in [0.05, 0.1) is 13.7 Å². The lowest BCUT2D eigenvalue weighted by molar-refractivity contribution is 0.0523. The van der Waals surface area contributed by atoms with Crippen LogP contribution in [0.1, 0.15) is 17.3 Å². The van der Waals surface area contributed by atoms with Gasteiger partial charge in [0, 0.05) is 18.0 Å². The molecule has 1 aromatic heterocycles. The second-order valence-corrected chi connectivity index (χ2v) is 3.88. The summed E-state index contributed by atoms with van der Waals surface area (Å²) in [5.74, 6) is 0.122. The van der Waals surface area contributed by atoms with Gasteiger partial charge in [-0.3, -0.25) is 4.98 Å². The Morgan fingerprint density at radius 3 is 2.74 bits per heavy atom. The fourth-order valence-corrected chi connectivity index (χ4v) is 1.78. The molecule has 0 saturated heterocycles. The maximum absolute atomic E-state index is 11.8. The third-order valence-electron chi connectivity index (χ3n) is 2.69.